The van der Waals surface area contributed by atoms with E-state index < -0.39 is 42.3 Å². The molecule has 0 aliphatic rings. The highest BCUT2D eigenvalue weighted by Gasteiger charge is 2.36. The lowest BCUT2D eigenvalue weighted by Gasteiger charge is -2.23. The van der Waals surface area contributed by atoms with Crippen molar-refractivity contribution in [3.63, 3.8) is 0 Å². The number of benzene rings is 1. The summed E-state index contributed by atoms with van der Waals surface area (Å²) in [4.78, 5) is 34.7. The Morgan fingerprint density at radius 2 is 1.58 bits per heavy atom. The maximum absolute atomic E-state index is 11.7. The molecule has 0 fully saturated rings. The molecule has 0 radical (unpaired) electrons. The van der Waals surface area contributed by atoms with E-state index in [2.05, 4.69) is 5.32 Å². The van der Waals surface area contributed by atoms with Crippen LogP contribution >= 0.6 is 0 Å². The Balaban J connectivity index is 2.47. The van der Waals surface area contributed by atoms with Crippen LogP contribution in [-0.4, -0.2) is 65.7 Å². The Morgan fingerprint density at radius 1 is 0.968 bits per heavy atom. The number of carboxylic acid groups (broad SMARTS) is 2. The normalized spacial score (nSPS) is 13.3. The molecule has 0 saturated heterocycles. The molecule has 31 heavy (non-hydrogen) atoms. The molecule has 1 aromatic rings. The van der Waals surface area contributed by atoms with Crippen LogP contribution in [0.1, 0.15) is 44.7 Å². The van der Waals surface area contributed by atoms with E-state index in [0.29, 0.717) is 19.4 Å². The minimum Gasteiger partial charge on any atom is -0.479 e. The second-order valence-electron chi connectivity index (χ2n) is 8.22. The number of unbranched alkanes of at least 4 members (excludes halogenated alkanes) is 1. The lowest BCUT2D eigenvalue weighted by molar-refractivity contribution is -0.183. The van der Waals surface area contributed by atoms with E-state index >= 15 is 0 Å². The van der Waals surface area contributed by atoms with E-state index in [0.717, 1.165) is 5.69 Å². The summed E-state index contributed by atoms with van der Waals surface area (Å²) in [6, 6.07) is 6.06. The average molecular weight is 440 g/mol. The standard InChI is InChI=1S/C22H33NO8/c1-14-8-9-16(12-15(14)2)23-10-6-7-11-29-18(20(25)26)19(21(27)28)30-13-17(24)31-22(3,4)5/h8-9,12,18-19,23H,6-7,10-11,13H2,1-5H3,(H,25,26)(H,27,28)/t18-,19-/m1/s1. The van der Waals surface area contributed by atoms with Gasteiger partial charge in [0.2, 0.25) is 0 Å². The number of aliphatic carboxylic acids is 2. The molecular formula is C22H33NO8. The summed E-state index contributed by atoms with van der Waals surface area (Å²) in [7, 11) is 0. The third-order valence-corrected chi connectivity index (χ3v) is 4.27. The molecule has 2 atom stereocenters. The fourth-order valence-corrected chi connectivity index (χ4v) is 2.63. The fraction of sp³-hybridized carbons (Fsp3) is 0.591. The van der Waals surface area contributed by atoms with Crippen LogP contribution in [0.2, 0.25) is 0 Å². The zero-order valence-electron chi connectivity index (χ0n) is 18.8. The first-order valence-corrected chi connectivity index (χ1v) is 10.1. The molecule has 3 N–H and O–H groups in total. The first-order chi connectivity index (χ1) is 14.4. The summed E-state index contributed by atoms with van der Waals surface area (Å²) in [6.07, 6.45) is -2.37. The van der Waals surface area contributed by atoms with Crippen LogP contribution in [0.4, 0.5) is 5.69 Å². The van der Waals surface area contributed by atoms with Crippen LogP contribution in [-0.2, 0) is 28.6 Å². The molecule has 0 unspecified atom stereocenters. The zero-order valence-corrected chi connectivity index (χ0v) is 18.8. The Bertz CT molecular complexity index is 756. The zero-order chi connectivity index (χ0) is 23.6. The number of anilines is 1. The van der Waals surface area contributed by atoms with Gasteiger partial charge in [-0.3, -0.25) is 0 Å². The quantitative estimate of drug-likeness (QED) is 0.313. The van der Waals surface area contributed by atoms with Gasteiger partial charge in [0, 0.05) is 18.8 Å². The maximum atomic E-state index is 11.7. The van der Waals surface area contributed by atoms with Crippen molar-refractivity contribution in [3.8, 4) is 0 Å². The summed E-state index contributed by atoms with van der Waals surface area (Å²) in [5, 5.41) is 21.9. The molecule has 0 aliphatic heterocycles. The molecule has 0 bridgehead atoms. The van der Waals surface area contributed by atoms with Gasteiger partial charge in [0.15, 0.2) is 12.2 Å². The topological polar surface area (TPSA) is 131 Å². The van der Waals surface area contributed by atoms with Crippen LogP contribution in [0.25, 0.3) is 0 Å². The van der Waals surface area contributed by atoms with Crippen molar-refractivity contribution in [2.24, 2.45) is 0 Å². The van der Waals surface area contributed by atoms with E-state index in [-0.39, 0.29) is 6.61 Å². The van der Waals surface area contributed by atoms with Gasteiger partial charge in [-0.1, -0.05) is 6.07 Å². The predicted molar refractivity (Wildman–Crippen MR) is 114 cm³/mol. The molecule has 9 heteroatoms. The van der Waals surface area contributed by atoms with Crippen molar-refractivity contribution in [3.05, 3.63) is 29.3 Å². The molecule has 9 nitrogen and oxygen atoms in total. The van der Waals surface area contributed by atoms with Crippen molar-refractivity contribution in [2.45, 2.75) is 65.3 Å². The number of carboxylic acids is 2. The van der Waals surface area contributed by atoms with Crippen molar-refractivity contribution in [2.75, 3.05) is 25.1 Å². The molecule has 0 saturated carbocycles. The molecule has 174 valence electrons. The van der Waals surface area contributed by atoms with Crippen molar-refractivity contribution >= 4 is 23.6 Å². The summed E-state index contributed by atoms with van der Waals surface area (Å²) in [5.74, 6) is -3.81. The Hall–Kier alpha value is -2.65. The molecule has 0 aliphatic carbocycles. The van der Waals surface area contributed by atoms with Gasteiger partial charge in [0.1, 0.15) is 12.2 Å². The molecule has 0 spiro atoms. The van der Waals surface area contributed by atoms with E-state index in [1.807, 2.05) is 32.0 Å². The van der Waals surface area contributed by atoms with Crippen molar-refractivity contribution < 1.29 is 38.8 Å². The smallest absolute Gasteiger partial charge is 0.336 e. The molecule has 1 aromatic carbocycles. The van der Waals surface area contributed by atoms with E-state index in [1.54, 1.807) is 20.8 Å². The van der Waals surface area contributed by atoms with Crippen molar-refractivity contribution in [1.82, 2.24) is 0 Å². The SMILES string of the molecule is Cc1ccc(NCCCCO[C@@H](C(=O)O)[C@@H](OCC(=O)OC(C)(C)C)C(=O)O)cc1C. The number of carbonyl (C=O) groups excluding carboxylic acids is 1. The lowest BCUT2D eigenvalue weighted by atomic mass is 10.1. The number of ether oxygens (including phenoxy) is 3. The summed E-state index contributed by atoms with van der Waals surface area (Å²) < 4.78 is 15.3. The molecular weight excluding hydrogens is 406 g/mol. The Morgan fingerprint density at radius 3 is 2.13 bits per heavy atom. The van der Waals surface area contributed by atoms with Gasteiger partial charge in [-0.2, -0.15) is 0 Å². The van der Waals surface area contributed by atoms with Crippen LogP contribution in [0, 0.1) is 13.8 Å². The van der Waals surface area contributed by atoms with Gasteiger partial charge in [-0.05, 0) is 70.7 Å². The average Bonchev–Trinajstić information content (AvgIpc) is 2.63. The largest absolute Gasteiger partial charge is 0.479 e. The molecule has 0 amide bonds. The third kappa shape index (κ3) is 10.3. The van der Waals surface area contributed by atoms with E-state index in [9.17, 15) is 24.6 Å². The number of carbonyl (C=O) groups is 3. The van der Waals surface area contributed by atoms with Crippen LogP contribution in [0.5, 0.6) is 0 Å². The molecule has 0 aromatic heterocycles. The fourth-order valence-electron chi connectivity index (χ4n) is 2.63. The van der Waals surface area contributed by atoms with Crippen LogP contribution in [0.15, 0.2) is 18.2 Å². The van der Waals surface area contributed by atoms with Crippen LogP contribution < -0.4 is 5.32 Å². The van der Waals surface area contributed by atoms with Crippen molar-refractivity contribution in [1.29, 1.82) is 0 Å². The van der Waals surface area contributed by atoms with Gasteiger partial charge < -0.3 is 29.7 Å². The number of rotatable bonds is 13. The third-order valence-electron chi connectivity index (χ3n) is 4.27. The highest BCUT2D eigenvalue weighted by atomic mass is 16.6. The monoisotopic (exact) mass is 439 g/mol. The van der Waals surface area contributed by atoms with Gasteiger partial charge >= 0.3 is 17.9 Å². The molecule has 0 heterocycles. The summed E-state index contributed by atoms with van der Waals surface area (Å²) in [6.45, 7) is 9.02. The second-order valence-corrected chi connectivity index (χ2v) is 8.22. The minimum atomic E-state index is -1.83. The number of esters is 1. The number of hydrogen-bond donors (Lipinski definition) is 3. The van der Waals surface area contributed by atoms with Crippen LogP contribution in [0.3, 0.4) is 0 Å². The highest BCUT2D eigenvalue weighted by molar-refractivity contribution is 5.84. The van der Waals surface area contributed by atoms with Gasteiger partial charge in [0.05, 0.1) is 0 Å². The minimum absolute atomic E-state index is 0.0329. The van der Waals surface area contributed by atoms with E-state index in [4.69, 9.17) is 14.2 Å². The van der Waals surface area contributed by atoms with E-state index in [1.165, 1.54) is 11.1 Å². The predicted octanol–water partition coefficient (Wildman–Crippen LogP) is 2.78. The Labute approximate surface area is 182 Å². The first kappa shape index (κ1) is 26.4. The number of hydrogen-bond acceptors (Lipinski definition) is 7. The summed E-state index contributed by atoms with van der Waals surface area (Å²) in [5.41, 5.74) is 2.62. The first-order valence-electron chi connectivity index (χ1n) is 10.1. The maximum Gasteiger partial charge on any atom is 0.336 e. The number of nitrogens with one attached hydrogen (secondary N) is 1. The second kappa shape index (κ2) is 12.3. The van der Waals surface area contributed by atoms with Gasteiger partial charge in [-0.15, -0.1) is 0 Å². The van der Waals surface area contributed by atoms with Gasteiger partial charge in [0.25, 0.3) is 0 Å². The van der Waals surface area contributed by atoms with Gasteiger partial charge in [-0.25, -0.2) is 14.4 Å². The lowest BCUT2D eigenvalue weighted by Crippen LogP contribution is -2.45. The molecule has 1 rings (SSSR count). The summed E-state index contributed by atoms with van der Waals surface area (Å²) >= 11 is 0. The number of aryl methyl sites for hydroxylation is 2. The highest BCUT2D eigenvalue weighted by Crippen LogP contribution is 2.14. The Kier molecular flexibility index (Phi) is 10.4.